The minimum atomic E-state index is -0.799. The molecule has 0 radical (unpaired) electrons. The third-order valence-electron chi connectivity index (χ3n) is 3.28. The van der Waals surface area contributed by atoms with Gasteiger partial charge < -0.3 is 4.74 Å². The van der Waals surface area contributed by atoms with Crippen molar-refractivity contribution >= 4 is 39.0 Å². The van der Waals surface area contributed by atoms with Crippen molar-refractivity contribution in [3.8, 4) is 0 Å². The summed E-state index contributed by atoms with van der Waals surface area (Å²) in [5.41, 5.74) is 1.83. The summed E-state index contributed by atoms with van der Waals surface area (Å²) in [4.78, 5) is 25.6. The molecule has 1 aromatic carbocycles. The summed E-state index contributed by atoms with van der Waals surface area (Å²) in [5, 5.41) is 0. The molecule has 1 aromatic heterocycles. The highest BCUT2D eigenvalue weighted by molar-refractivity contribution is 9.11. The number of halogens is 1. The molecule has 0 spiro atoms. The molecular weight excluding hydrogens is 364 g/mol. The maximum absolute atomic E-state index is 12.8. The summed E-state index contributed by atoms with van der Waals surface area (Å²) in [6.45, 7) is 3.89. The van der Waals surface area contributed by atoms with Crippen LogP contribution in [0.3, 0.4) is 0 Å². The van der Waals surface area contributed by atoms with Crippen LogP contribution in [-0.2, 0) is 16.0 Å². The van der Waals surface area contributed by atoms with E-state index >= 15 is 0 Å². The molecule has 0 amide bonds. The first-order valence-electron chi connectivity index (χ1n) is 7.03. The van der Waals surface area contributed by atoms with Crippen molar-refractivity contribution in [3.05, 3.63) is 56.2 Å². The molecule has 0 aliphatic carbocycles. The fraction of sp³-hybridized carbons (Fsp3) is 0.294. The Hall–Kier alpha value is -1.46. The Morgan fingerprint density at radius 1 is 1.27 bits per heavy atom. The molecule has 116 valence electrons. The van der Waals surface area contributed by atoms with Crippen LogP contribution in [0.15, 0.2) is 40.2 Å². The molecule has 22 heavy (non-hydrogen) atoms. The van der Waals surface area contributed by atoms with Crippen LogP contribution in [0.2, 0.25) is 0 Å². The largest absolute Gasteiger partial charge is 0.465 e. The highest BCUT2D eigenvalue weighted by Gasteiger charge is 2.31. The lowest BCUT2D eigenvalue weighted by Crippen LogP contribution is -2.28. The number of esters is 1. The number of Topliss-reactive ketones (excluding diaryl/α,β-unsaturated/α-hetero) is 1. The van der Waals surface area contributed by atoms with Gasteiger partial charge in [-0.05, 0) is 53.4 Å². The molecule has 0 fully saturated rings. The van der Waals surface area contributed by atoms with Gasteiger partial charge in [0.15, 0.2) is 5.78 Å². The van der Waals surface area contributed by atoms with Gasteiger partial charge in [0.05, 0.1) is 15.3 Å². The average molecular weight is 381 g/mol. The highest BCUT2D eigenvalue weighted by atomic mass is 79.9. The van der Waals surface area contributed by atoms with Gasteiger partial charge in [-0.3, -0.25) is 9.59 Å². The molecule has 0 saturated carbocycles. The molecule has 0 saturated heterocycles. The summed E-state index contributed by atoms with van der Waals surface area (Å²) >= 11 is 4.74. The summed E-state index contributed by atoms with van der Waals surface area (Å²) < 4.78 is 5.98. The Balaban J connectivity index is 2.29. The minimum absolute atomic E-state index is 0.171. The zero-order valence-corrected chi connectivity index (χ0v) is 14.9. The number of ether oxygens (including phenoxy) is 1. The minimum Gasteiger partial charge on any atom is -0.465 e. The van der Waals surface area contributed by atoms with Crippen molar-refractivity contribution < 1.29 is 14.3 Å². The van der Waals surface area contributed by atoms with E-state index in [-0.39, 0.29) is 12.4 Å². The molecule has 0 aliphatic rings. The summed E-state index contributed by atoms with van der Waals surface area (Å²) in [7, 11) is 0. The normalized spacial score (nSPS) is 12.0. The standard InChI is InChI=1S/C17H17BrO3S/c1-3-21-17(20)13(10-12-7-5-4-6-8-12)15(19)16-11(2)9-14(18)22-16/h4-9,13H,3,10H2,1-2H3. The monoisotopic (exact) mass is 380 g/mol. The number of hydrogen-bond donors (Lipinski definition) is 0. The highest BCUT2D eigenvalue weighted by Crippen LogP contribution is 2.30. The van der Waals surface area contributed by atoms with E-state index in [9.17, 15) is 9.59 Å². The number of hydrogen-bond acceptors (Lipinski definition) is 4. The molecular formula is C17H17BrO3S. The number of thiophene rings is 1. The molecule has 2 aromatic rings. The van der Waals surface area contributed by atoms with Crippen molar-refractivity contribution in [2.24, 2.45) is 5.92 Å². The fourth-order valence-corrected chi connectivity index (χ4v) is 3.94. The molecule has 1 heterocycles. The van der Waals surface area contributed by atoms with E-state index in [4.69, 9.17) is 4.74 Å². The second-order valence-electron chi connectivity index (χ2n) is 4.92. The van der Waals surface area contributed by atoms with Gasteiger partial charge in [0.1, 0.15) is 5.92 Å². The molecule has 0 bridgehead atoms. The van der Waals surface area contributed by atoms with Crippen LogP contribution >= 0.6 is 27.3 Å². The first-order chi connectivity index (χ1) is 10.5. The molecule has 2 rings (SSSR count). The van der Waals surface area contributed by atoms with Crippen LogP contribution in [-0.4, -0.2) is 18.4 Å². The van der Waals surface area contributed by atoms with Crippen molar-refractivity contribution in [1.29, 1.82) is 0 Å². The Labute approximate surface area is 142 Å². The van der Waals surface area contributed by atoms with Crippen LogP contribution in [0, 0.1) is 12.8 Å². The van der Waals surface area contributed by atoms with Crippen molar-refractivity contribution in [3.63, 3.8) is 0 Å². The quantitative estimate of drug-likeness (QED) is 0.423. The number of aryl methyl sites for hydroxylation is 1. The van der Waals surface area contributed by atoms with E-state index in [1.165, 1.54) is 11.3 Å². The summed E-state index contributed by atoms with van der Waals surface area (Å²) in [6, 6.07) is 11.4. The summed E-state index contributed by atoms with van der Waals surface area (Å²) in [5.74, 6) is -1.43. The maximum atomic E-state index is 12.8. The first kappa shape index (κ1) is 16.9. The van der Waals surface area contributed by atoms with Crippen LogP contribution in [0.4, 0.5) is 0 Å². The van der Waals surface area contributed by atoms with Gasteiger partial charge in [0.2, 0.25) is 0 Å². The molecule has 1 unspecified atom stereocenters. The fourth-order valence-electron chi connectivity index (χ4n) is 2.22. The number of ketones is 1. The van der Waals surface area contributed by atoms with Crippen molar-refractivity contribution in [1.82, 2.24) is 0 Å². The van der Waals surface area contributed by atoms with Gasteiger partial charge in [-0.1, -0.05) is 30.3 Å². The number of benzene rings is 1. The molecule has 3 nitrogen and oxygen atoms in total. The predicted molar refractivity (Wildman–Crippen MR) is 91.4 cm³/mol. The van der Waals surface area contributed by atoms with Crippen LogP contribution < -0.4 is 0 Å². The van der Waals surface area contributed by atoms with Gasteiger partial charge >= 0.3 is 5.97 Å². The maximum Gasteiger partial charge on any atom is 0.317 e. The summed E-state index contributed by atoms with van der Waals surface area (Å²) in [6.07, 6.45) is 0.355. The second kappa shape index (κ2) is 7.70. The molecule has 5 heteroatoms. The smallest absolute Gasteiger partial charge is 0.317 e. The lowest BCUT2D eigenvalue weighted by molar-refractivity contribution is -0.146. The molecule has 0 N–H and O–H groups in total. The van der Waals surface area contributed by atoms with Crippen molar-refractivity contribution in [2.75, 3.05) is 6.61 Å². The zero-order valence-electron chi connectivity index (χ0n) is 12.5. The van der Waals surface area contributed by atoms with Gasteiger partial charge in [-0.25, -0.2) is 0 Å². The van der Waals surface area contributed by atoms with Crippen LogP contribution in [0.25, 0.3) is 0 Å². The molecule has 0 aliphatic heterocycles. The van der Waals surface area contributed by atoms with E-state index in [0.717, 1.165) is 14.9 Å². The Bertz CT molecular complexity index is 664. The number of rotatable bonds is 6. The van der Waals surface area contributed by atoms with E-state index in [1.807, 2.05) is 43.3 Å². The third kappa shape index (κ3) is 4.05. The first-order valence-corrected chi connectivity index (χ1v) is 8.64. The number of carbonyl (C=O) groups is 2. The van der Waals surface area contributed by atoms with Crippen LogP contribution in [0.1, 0.15) is 27.7 Å². The Morgan fingerprint density at radius 3 is 2.50 bits per heavy atom. The van der Waals surface area contributed by atoms with Crippen LogP contribution in [0.5, 0.6) is 0 Å². The second-order valence-corrected chi connectivity index (χ2v) is 7.35. The van der Waals surface area contributed by atoms with Crippen molar-refractivity contribution in [2.45, 2.75) is 20.3 Å². The molecule has 1 atom stereocenters. The Kier molecular flexibility index (Phi) is 5.91. The van der Waals surface area contributed by atoms with Gasteiger partial charge in [0, 0.05) is 0 Å². The van der Waals surface area contributed by atoms with Gasteiger partial charge in [-0.15, -0.1) is 11.3 Å². The van der Waals surface area contributed by atoms with Gasteiger partial charge in [-0.2, -0.15) is 0 Å². The zero-order chi connectivity index (χ0) is 16.1. The average Bonchev–Trinajstić information content (AvgIpc) is 2.84. The number of carbonyl (C=O) groups excluding carboxylic acids is 2. The van der Waals surface area contributed by atoms with E-state index < -0.39 is 11.9 Å². The van der Waals surface area contributed by atoms with E-state index in [1.54, 1.807) is 6.92 Å². The van der Waals surface area contributed by atoms with E-state index in [0.29, 0.717) is 11.3 Å². The Morgan fingerprint density at radius 2 is 1.95 bits per heavy atom. The predicted octanol–water partition coefficient (Wildman–Crippen LogP) is 4.42. The SMILES string of the molecule is CCOC(=O)C(Cc1ccccc1)C(=O)c1sc(Br)cc1C. The topological polar surface area (TPSA) is 43.4 Å². The lowest BCUT2D eigenvalue weighted by atomic mass is 9.93. The van der Waals surface area contributed by atoms with Gasteiger partial charge in [0.25, 0.3) is 0 Å². The third-order valence-corrected chi connectivity index (χ3v) is 5.04. The lowest BCUT2D eigenvalue weighted by Gasteiger charge is -2.14. The van der Waals surface area contributed by atoms with E-state index in [2.05, 4.69) is 15.9 Å².